The van der Waals surface area contributed by atoms with Gasteiger partial charge < -0.3 is 14.7 Å². The number of aliphatic carboxylic acids is 1. The average Bonchev–Trinajstić information content (AvgIpc) is 2.57. The first kappa shape index (κ1) is 16.3. The number of carboxylic acids is 1. The molecule has 1 atom stereocenters. The van der Waals surface area contributed by atoms with Crippen molar-refractivity contribution in [2.75, 3.05) is 11.4 Å². The number of carbonyl (C=O) groups is 2. The Morgan fingerprint density at radius 3 is 2.71 bits per heavy atom. The summed E-state index contributed by atoms with van der Waals surface area (Å²) >= 11 is 5.96. The van der Waals surface area contributed by atoms with Crippen LogP contribution in [0.2, 0.25) is 5.02 Å². The minimum atomic E-state index is -1.18. The number of ether oxygens (including phenoxy) is 1. The van der Waals surface area contributed by atoms with Crippen LogP contribution in [-0.2, 0) is 16.0 Å². The molecule has 1 N–H and O–H groups in total. The first-order valence-corrected chi connectivity index (χ1v) is 7.57. The Balaban J connectivity index is 1.92. The SMILES string of the molecule is O=C(O)[C@H]1CN(C(=O)Cc2c(F)cccc2Cl)c2ccccc2O1. The molecule has 2 aromatic carbocycles. The van der Waals surface area contributed by atoms with Gasteiger partial charge in [-0.2, -0.15) is 0 Å². The molecular formula is C17H13ClFNO4. The second kappa shape index (κ2) is 6.49. The molecular weight excluding hydrogens is 337 g/mol. The number of carboxylic acid groups (broad SMARTS) is 1. The molecule has 1 aliphatic heterocycles. The maximum absolute atomic E-state index is 13.9. The third-order valence-electron chi connectivity index (χ3n) is 3.74. The van der Waals surface area contributed by atoms with Gasteiger partial charge in [-0.3, -0.25) is 4.79 Å². The maximum atomic E-state index is 13.9. The summed E-state index contributed by atoms with van der Waals surface area (Å²) in [6.45, 7) is -0.156. The average molecular weight is 350 g/mol. The van der Waals surface area contributed by atoms with Gasteiger partial charge in [0.05, 0.1) is 18.7 Å². The Labute approximate surface area is 142 Å². The monoisotopic (exact) mass is 349 g/mol. The highest BCUT2D eigenvalue weighted by Gasteiger charge is 2.33. The number of amides is 1. The highest BCUT2D eigenvalue weighted by Crippen LogP contribution is 2.34. The molecule has 1 heterocycles. The molecule has 2 aromatic rings. The maximum Gasteiger partial charge on any atom is 0.346 e. The number of carbonyl (C=O) groups excluding carboxylic acids is 1. The van der Waals surface area contributed by atoms with E-state index < -0.39 is 23.8 Å². The van der Waals surface area contributed by atoms with Gasteiger partial charge in [0.1, 0.15) is 11.6 Å². The third-order valence-corrected chi connectivity index (χ3v) is 4.09. The number of anilines is 1. The lowest BCUT2D eigenvalue weighted by Gasteiger charge is -2.33. The predicted octanol–water partition coefficient (Wildman–Crippen LogP) is 2.90. The minimum absolute atomic E-state index is 0.0833. The lowest BCUT2D eigenvalue weighted by molar-refractivity contribution is -0.145. The van der Waals surface area contributed by atoms with Gasteiger partial charge in [-0.25, -0.2) is 9.18 Å². The van der Waals surface area contributed by atoms with Crippen molar-refractivity contribution in [1.82, 2.24) is 0 Å². The summed E-state index contributed by atoms with van der Waals surface area (Å²) in [7, 11) is 0. The van der Waals surface area contributed by atoms with Crippen molar-refractivity contribution >= 4 is 29.2 Å². The molecule has 3 rings (SSSR count). The normalized spacial score (nSPS) is 16.2. The molecule has 0 fully saturated rings. The Morgan fingerprint density at radius 2 is 2.00 bits per heavy atom. The van der Waals surface area contributed by atoms with Gasteiger partial charge in [0.15, 0.2) is 0 Å². The molecule has 1 aliphatic rings. The van der Waals surface area contributed by atoms with Crippen LogP contribution in [-0.4, -0.2) is 29.6 Å². The lowest BCUT2D eigenvalue weighted by Crippen LogP contribution is -2.47. The lowest BCUT2D eigenvalue weighted by atomic mass is 10.1. The second-order valence-corrected chi connectivity index (χ2v) is 5.70. The van der Waals surface area contributed by atoms with E-state index in [0.717, 1.165) is 0 Å². The summed E-state index contributed by atoms with van der Waals surface area (Å²) in [6, 6.07) is 10.8. The molecule has 0 saturated carbocycles. The number of nitrogens with zero attached hydrogens (tertiary/aromatic N) is 1. The van der Waals surface area contributed by atoms with Crippen LogP contribution in [0.4, 0.5) is 10.1 Å². The van der Waals surface area contributed by atoms with Crippen molar-refractivity contribution in [3.63, 3.8) is 0 Å². The highest BCUT2D eigenvalue weighted by molar-refractivity contribution is 6.31. The molecule has 0 saturated heterocycles. The van der Waals surface area contributed by atoms with Crippen molar-refractivity contribution < 1.29 is 23.8 Å². The highest BCUT2D eigenvalue weighted by atomic mass is 35.5. The molecule has 0 radical (unpaired) electrons. The van der Waals surface area contributed by atoms with Gasteiger partial charge in [-0.05, 0) is 24.3 Å². The number of rotatable bonds is 3. The Hall–Kier alpha value is -2.60. The van der Waals surface area contributed by atoms with Gasteiger partial charge in [0.2, 0.25) is 12.0 Å². The molecule has 1 amide bonds. The molecule has 124 valence electrons. The van der Waals surface area contributed by atoms with Crippen LogP contribution in [0.3, 0.4) is 0 Å². The Bertz CT molecular complexity index is 791. The van der Waals surface area contributed by atoms with Crippen molar-refractivity contribution in [3.05, 3.63) is 58.9 Å². The summed E-state index contributed by atoms with van der Waals surface area (Å²) in [6.07, 6.45) is -1.45. The summed E-state index contributed by atoms with van der Waals surface area (Å²) < 4.78 is 19.3. The zero-order valence-electron chi connectivity index (χ0n) is 12.4. The van der Waals surface area contributed by atoms with Gasteiger partial charge in [0, 0.05) is 10.6 Å². The second-order valence-electron chi connectivity index (χ2n) is 5.29. The van der Waals surface area contributed by atoms with Crippen LogP contribution in [0.15, 0.2) is 42.5 Å². The van der Waals surface area contributed by atoms with Crippen LogP contribution in [0.5, 0.6) is 5.75 Å². The van der Waals surface area contributed by atoms with Gasteiger partial charge >= 0.3 is 5.97 Å². The van der Waals surface area contributed by atoms with Crippen molar-refractivity contribution in [1.29, 1.82) is 0 Å². The zero-order chi connectivity index (χ0) is 17.3. The van der Waals surface area contributed by atoms with E-state index in [-0.39, 0.29) is 23.6 Å². The minimum Gasteiger partial charge on any atom is -0.478 e. The molecule has 0 spiro atoms. The topological polar surface area (TPSA) is 66.8 Å². The number of para-hydroxylation sites is 2. The van der Waals surface area contributed by atoms with Crippen LogP contribution < -0.4 is 9.64 Å². The van der Waals surface area contributed by atoms with E-state index >= 15 is 0 Å². The number of hydrogen-bond donors (Lipinski definition) is 1. The molecule has 0 aromatic heterocycles. The van der Waals surface area contributed by atoms with Crippen molar-refractivity contribution in [2.45, 2.75) is 12.5 Å². The predicted molar refractivity (Wildman–Crippen MR) is 86.0 cm³/mol. The fourth-order valence-corrected chi connectivity index (χ4v) is 2.78. The quantitative estimate of drug-likeness (QED) is 0.925. The summed E-state index contributed by atoms with van der Waals surface area (Å²) in [4.78, 5) is 25.2. The fraction of sp³-hybridized carbons (Fsp3) is 0.176. The Morgan fingerprint density at radius 1 is 1.25 bits per heavy atom. The van der Waals surface area contributed by atoms with Gasteiger partial charge in [-0.15, -0.1) is 0 Å². The summed E-state index contributed by atoms with van der Waals surface area (Å²) in [5, 5.41) is 9.35. The number of fused-ring (bicyclic) bond motifs is 1. The molecule has 7 heteroatoms. The van der Waals surface area contributed by atoms with E-state index in [0.29, 0.717) is 11.4 Å². The van der Waals surface area contributed by atoms with Crippen molar-refractivity contribution in [3.8, 4) is 5.75 Å². The summed E-state index contributed by atoms with van der Waals surface area (Å²) in [5.74, 6) is -1.91. The van der Waals surface area contributed by atoms with Crippen LogP contribution >= 0.6 is 11.6 Å². The molecule has 0 unspecified atom stereocenters. The van der Waals surface area contributed by atoms with E-state index in [1.165, 1.54) is 23.1 Å². The molecule has 0 aliphatic carbocycles. The first-order valence-electron chi connectivity index (χ1n) is 7.19. The van der Waals surface area contributed by atoms with E-state index in [2.05, 4.69) is 0 Å². The number of hydrogen-bond acceptors (Lipinski definition) is 3. The largest absolute Gasteiger partial charge is 0.478 e. The van der Waals surface area contributed by atoms with E-state index in [1.807, 2.05) is 0 Å². The standard InChI is InChI=1S/C17H13ClFNO4/c18-11-4-3-5-12(19)10(11)8-16(21)20-9-15(17(22)23)24-14-7-2-1-6-13(14)20/h1-7,15H,8-9H2,(H,22,23)/t15-/m1/s1. The number of benzene rings is 2. The summed E-state index contributed by atoms with van der Waals surface area (Å²) in [5.41, 5.74) is 0.535. The zero-order valence-corrected chi connectivity index (χ0v) is 13.2. The van der Waals surface area contributed by atoms with Crippen molar-refractivity contribution in [2.24, 2.45) is 0 Å². The fourth-order valence-electron chi connectivity index (χ4n) is 2.55. The molecule has 24 heavy (non-hydrogen) atoms. The Kier molecular flexibility index (Phi) is 4.40. The first-order chi connectivity index (χ1) is 11.5. The molecule has 5 nitrogen and oxygen atoms in total. The van der Waals surface area contributed by atoms with Gasteiger partial charge in [-0.1, -0.05) is 29.8 Å². The van der Waals surface area contributed by atoms with Gasteiger partial charge in [0.25, 0.3) is 0 Å². The van der Waals surface area contributed by atoms with E-state index in [4.69, 9.17) is 16.3 Å². The van der Waals surface area contributed by atoms with Crippen LogP contribution in [0.25, 0.3) is 0 Å². The number of halogens is 2. The smallest absolute Gasteiger partial charge is 0.346 e. The third kappa shape index (κ3) is 3.05. The molecule has 0 bridgehead atoms. The van der Waals surface area contributed by atoms with E-state index in [9.17, 15) is 19.1 Å². The van der Waals surface area contributed by atoms with Crippen LogP contribution in [0, 0.1) is 5.82 Å². The van der Waals surface area contributed by atoms with E-state index in [1.54, 1.807) is 24.3 Å². The van der Waals surface area contributed by atoms with Crippen LogP contribution in [0.1, 0.15) is 5.56 Å².